The van der Waals surface area contributed by atoms with Crippen molar-refractivity contribution in [2.45, 2.75) is 25.4 Å². The predicted molar refractivity (Wildman–Crippen MR) is 93.8 cm³/mol. The van der Waals surface area contributed by atoms with Gasteiger partial charge in [-0.1, -0.05) is 38.1 Å². The zero-order valence-corrected chi connectivity index (χ0v) is 13.6. The van der Waals surface area contributed by atoms with Gasteiger partial charge in [0.2, 0.25) is 0 Å². The number of pyridine rings is 1. The van der Waals surface area contributed by atoms with E-state index >= 15 is 0 Å². The predicted octanol–water partition coefficient (Wildman–Crippen LogP) is 3.78. The molecule has 1 unspecified atom stereocenters. The van der Waals surface area contributed by atoms with E-state index in [4.69, 9.17) is 0 Å². The maximum absolute atomic E-state index is 4.59. The monoisotopic (exact) mass is 315 g/mol. The van der Waals surface area contributed by atoms with Gasteiger partial charge in [0.05, 0.1) is 6.20 Å². The molecular formula is C19H17N5. The van der Waals surface area contributed by atoms with Gasteiger partial charge in [-0.25, -0.2) is 15.0 Å². The minimum absolute atomic E-state index is 0.0746. The van der Waals surface area contributed by atoms with Gasteiger partial charge in [0.25, 0.3) is 0 Å². The number of para-hydroxylation sites is 1. The zero-order valence-electron chi connectivity index (χ0n) is 13.6. The molecule has 0 saturated heterocycles. The Morgan fingerprint density at radius 1 is 0.917 bits per heavy atom. The van der Waals surface area contributed by atoms with Crippen LogP contribution in [0.4, 0.5) is 23.0 Å². The molecule has 24 heavy (non-hydrogen) atoms. The van der Waals surface area contributed by atoms with Gasteiger partial charge < -0.3 is 4.90 Å². The lowest BCUT2D eigenvalue weighted by Crippen LogP contribution is -2.46. The second-order valence-corrected chi connectivity index (χ2v) is 6.77. The second kappa shape index (κ2) is 4.54. The number of nitrogens with zero attached hydrogens (tertiary/aromatic N) is 5. The molecule has 2 aromatic heterocycles. The van der Waals surface area contributed by atoms with Crippen molar-refractivity contribution in [1.82, 2.24) is 15.0 Å². The lowest BCUT2D eigenvalue weighted by Gasteiger charge is -2.35. The van der Waals surface area contributed by atoms with Crippen LogP contribution in [-0.2, 0) is 5.41 Å². The normalized spacial score (nSPS) is 19.8. The average molecular weight is 315 g/mol. The fourth-order valence-electron chi connectivity index (χ4n) is 4.04. The standard InChI is InChI=1S/C19H17N5/c1-19(2)13-7-3-4-8-14(13)23-15-11-20-12-22-17(15)24(18(19)23)16-9-5-6-10-21-16/h3-12,18H,1-2H3. The van der Waals surface area contributed by atoms with Gasteiger partial charge in [-0.05, 0) is 23.8 Å². The number of aromatic nitrogens is 3. The third-order valence-electron chi connectivity index (χ3n) is 5.05. The fraction of sp³-hybridized carbons (Fsp3) is 0.211. The minimum atomic E-state index is -0.0746. The van der Waals surface area contributed by atoms with E-state index in [0.717, 1.165) is 17.3 Å². The summed E-state index contributed by atoms with van der Waals surface area (Å²) in [6.45, 7) is 4.57. The van der Waals surface area contributed by atoms with Crippen LogP contribution in [-0.4, -0.2) is 21.1 Å². The Balaban J connectivity index is 1.80. The molecule has 0 bridgehead atoms. The van der Waals surface area contributed by atoms with Crippen molar-refractivity contribution in [1.29, 1.82) is 0 Å². The van der Waals surface area contributed by atoms with Gasteiger partial charge in [0.1, 0.15) is 24.0 Å². The molecule has 0 spiro atoms. The van der Waals surface area contributed by atoms with Crippen LogP contribution in [0.5, 0.6) is 0 Å². The maximum atomic E-state index is 4.59. The summed E-state index contributed by atoms with van der Waals surface area (Å²) in [5.74, 6) is 1.82. The first-order valence-corrected chi connectivity index (χ1v) is 8.08. The van der Waals surface area contributed by atoms with Crippen LogP contribution in [0.1, 0.15) is 19.4 Å². The first kappa shape index (κ1) is 13.5. The third-order valence-corrected chi connectivity index (χ3v) is 5.05. The molecule has 1 aromatic carbocycles. The van der Waals surface area contributed by atoms with Crippen molar-refractivity contribution in [3.05, 3.63) is 66.7 Å². The van der Waals surface area contributed by atoms with Crippen molar-refractivity contribution >= 4 is 23.0 Å². The Morgan fingerprint density at radius 3 is 2.58 bits per heavy atom. The van der Waals surface area contributed by atoms with E-state index in [-0.39, 0.29) is 11.6 Å². The highest BCUT2D eigenvalue weighted by Gasteiger charge is 2.54. The van der Waals surface area contributed by atoms with Gasteiger partial charge in [-0.15, -0.1) is 0 Å². The van der Waals surface area contributed by atoms with Crippen molar-refractivity contribution in [3.8, 4) is 0 Å². The molecule has 0 saturated carbocycles. The number of hydrogen-bond donors (Lipinski definition) is 0. The number of benzene rings is 1. The van der Waals surface area contributed by atoms with E-state index in [2.05, 4.69) is 62.9 Å². The molecule has 4 heterocycles. The number of anilines is 4. The quantitative estimate of drug-likeness (QED) is 0.684. The molecule has 3 aromatic rings. The SMILES string of the molecule is CC1(C)c2ccccc2N2c3cncnc3N(c3ccccn3)C21. The van der Waals surface area contributed by atoms with E-state index in [0.29, 0.717) is 0 Å². The number of hydrogen-bond acceptors (Lipinski definition) is 5. The fourth-order valence-corrected chi connectivity index (χ4v) is 4.04. The molecule has 0 amide bonds. The van der Waals surface area contributed by atoms with Crippen molar-refractivity contribution < 1.29 is 0 Å². The highest BCUT2D eigenvalue weighted by molar-refractivity contribution is 5.89. The Labute approximate surface area is 140 Å². The molecule has 5 heteroatoms. The summed E-state index contributed by atoms with van der Waals surface area (Å²) in [5, 5.41) is 0. The van der Waals surface area contributed by atoms with E-state index in [9.17, 15) is 0 Å². The molecule has 0 radical (unpaired) electrons. The summed E-state index contributed by atoms with van der Waals surface area (Å²) in [4.78, 5) is 18.0. The van der Waals surface area contributed by atoms with Gasteiger partial charge >= 0.3 is 0 Å². The molecule has 5 nitrogen and oxygen atoms in total. The average Bonchev–Trinajstić information content (AvgIpc) is 3.08. The van der Waals surface area contributed by atoms with E-state index in [1.54, 1.807) is 6.33 Å². The largest absolute Gasteiger partial charge is 0.314 e. The van der Waals surface area contributed by atoms with Gasteiger partial charge in [-0.2, -0.15) is 0 Å². The molecule has 0 fully saturated rings. The van der Waals surface area contributed by atoms with Crippen LogP contribution in [0.3, 0.4) is 0 Å². The highest BCUT2D eigenvalue weighted by Crippen LogP contribution is 2.57. The Bertz CT molecular complexity index is 907. The van der Waals surface area contributed by atoms with Crippen LogP contribution in [0.2, 0.25) is 0 Å². The molecule has 5 rings (SSSR count). The van der Waals surface area contributed by atoms with Crippen molar-refractivity contribution in [2.24, 2.45) is 0 Å². The summed E-state index contributed by atoms with van der Waals surface area (Å²) < 4.78 is 0. The van der Waals surface area contributed by atoms with Gasteiger partial charge in [-0.3, -0.25) is 4.90 Å². The van der Waals surface area contributed by atoms with E-state index in [1.807, 2.05) is 30.6 Å². The minimum Gasteiger partial charge on any atom is -0.314 e. The first-order valence-electron chi connectivity index (χ1n) is 8.08. The molecule has 0 aliphatic carbocycles. The Morgan fingerprint density at radius 2 is 1.75 bits per heavy atom. The lowest BCUT2D eigenvalue weighted by atomic mass is 9.83. The zero-order chi connectivity index (χ0) is 16.3. The molecule has 118 valence electrons. The van der Waals surface area contributed by atoms with Crippen LogP contribution < -0.4 is 9.80 Å². The first-order chi connectivity index (χ1) is 11.7. The molecule has 1 atom stereocenters. The summed E-state index contributed by atoms with van der Waals surface area (Å²) in [6.07, 6.45) is 5.43. The molecule has 0 N–H and O–H groups in total. The van der Waals surface area contributed by atoms with Crippen LogP contribution >= 0.6 is 0 Å². The Kier molecular flexibility index (Phi) is 2.55. The van der Waals surface area contributed by atoms with Crippen LogP contribution in [0, 0.1) is 0 Å². The second-order valence-electron chi connectivity index (χ2n) is 6.77. The van der Waals surface area contributed by atoms with Gasteiger partial charge in [0.15, 0.2) is 5.82 Å². The van der Waals surface area contributed by atoms with E-state index < -0.39 is 0 Å². The highest BCUT2D eigenvalue weighted by atomic mass is 15.5. The summed E-state index contributed by atoms with van der Waals surface area (Å²) >= 11 is 0. The number of rotatable bonds is 1. The van der Waals surface area contributed by atoms with Crippen molar-refractivity contribution in [3.63, 3.8) is 0 Å². The summed E-state index contributed by atoms with van der Waals surface area (Å²) in [7, 11) is 0. The third kappa shape index (κ3) is 1.56. The lowest BCUT2D eigenvalue weighted by molar-refractivity contribution is 0.448. The van der Waals surface area contributed by atoms with E-state index in [1.165, 1.54) is 11.3 Å². The number of fused-ring (bicyclic) bond motifs is 5. The Hall–Kier alpha value is -2.95. The smallest absolute Gasteiger partial charge is 0.163 e. The maximum Gasteiger partial charge on any atom is 0.163 e. The van der Waals surface area contributed by atoms with Crippen LogP contribution in [0.15, 0.2) is 61.2 Å². The molecule has 2 aliphatic heterocycles. The van der Waals surface area contributed by atoms with Crippen LogP contribution in [0.25, 0.3) is 0 Å². The summed E-state index contributed by atoms with van der Waals surface area (Å²) in [6, 6.07) is 14.6. The molecule has 2 aliphatic rings. The molecular weight excluding hydrogens is 298 g/mol. The van der Waals surface area contributed by atoms with Gasteiger partial charge in [0, 0.05) is 17.3 Å². The summed E-state index contributed by atoms with van der Waals surface area (Å²) in [5.41, 5.74) is 3.52. The topological polar surface area (TPSA) is 45.2 Å². The van der Waals surface area contributed by atoms with Crippen molar-refractivity contribution in [2.75, 3.05) is 9.80 Å².